The number of ether oxygens (including phenoxy) is 1. The van der Waals surface area contributed by atoms with E-state index in [2.05, 4.69) is 11.9 Å². The van der Waals surface area contributed by atoms with E-state index in [-0.39, 0.29) is 23.2 Å². The van der Waals surface area contributed by atoms with Crippen LogP contribution in [0.4, 0.5) is 0 Å². The molecule has 0 spiro atoms. The van der Waals surface area contributed by atoms with Gasteiger partial charge in [-0.1, -0.05) is 6.08 Å². The van der Waals surface area contributed by atoms with Gasteiger partial charge in [-0.15, -0.1) is 6.58 Å². The van der Waals surface area contributed by atoms with Crippen molar-refractivity contribution in [2.45, 2.75) is 20.0 Å². The SMILES string of the molecule is C=CCN1C(=O)c2ccc(C(=O)O[C@@H](C)C(=O)NCC)cc2C1=O. The van der Waals surface area contributed by atoms with Gasteiger partial charge in [-0.3, -0.25) is 19.3 Å². The summed E-state index contributed by atoms with van der Waals surface area (Å²) in [5.74, 6) is -2.05. The lowest BCUT2D eigenvalue weighted by atomic mass is 10.1. The highest BCUT2D eigenvalue weighted by atomic mass is 16.5. The number of nitrogens with zero attached hydrogens (tertiary/aromatic N) is 1. The Labute approximate surface area is 139 Å². The van der Waals surface area contributed by atoms with Crippen molar-refractivity contribution in [3.8, 4) is 0 Å². The molecular formula is C17H18N2O5. The molecule has 0 saturated carbocycles. The molecule has 2 rings (SSSR count). The molecule has 1 aromatic carbocycles. The number of carbonyl (C=O) groups is 4. The van der Waals surface area contributed by atoms with E-state index in [9.17, 15) is 19.2 Å². The molecule has 0 aromatic heterocycles. The third-order valence-corrected chi connectivity index (χ3v) is 3.52. The van der Waals surface area contributed by atoms with Crippen molar-refractivity contribution < 1.29 is 23.9 Å². The maximum atomic E-state index is 12.2. The highest BCUT2D eigenvalue weighted by Crippen LogP contribution is 2.24. The Balaban J connectivity index is 2.19. The zero-order valence-electron chi connectivity index (χ0n) is 13.5. The van der Waals surface area contributed by atoms with Crippen LogP contribution >= 0.6 is 0 Å². The number of hydrogen-bond acceptors (Lipinski definition) is 5. The van der Waals surface area contributed by atoms with E-state index < -0.39 is 29.8 Å². The molecule has 0 saturated heterocycles. The number of rotatable bonds is 6. The highest BCUT2D eigenvalue weighted by Gasteiger charge is 2.35. The van der Waals surface area contributed by atoms with Gasteiger partial charge in [0.2, 0.25) is 0 Å². The Bertz CT molecular complexity index is 726. The fourth-order valence-corrected chi connectivity index (χ4v) is 2.31. The molecule has 7 nitrogen and oxygen atoms in total. The van der Waals surface area contributed by atoms with Gasteiger partial charge < -0.3 is 10.1 Å². The van der Waals surface area contributed by atoms with Gasteiger partial charge in [0.25, 0.3) is 17.7 Å². The van der Waals surface area contributed by atoms with Gasteiger partial charge in [0, 0.05) is 13.1 Å². The van der Waals surface area contributed by atoms with Crippen molar-refractivity contribution in [3.05, 3.63) is 47.5 Å². The number of likely N-dealkylation sites (N-methyl/N-ethyl adjacent to an activating group) is 1. The smallest absolute Gasteiger partial charge is 0.338 e. The molecule has 1 aromatic rings. The van der Waals surface area contributed by atoms with Crippen LogP contribution < -0.4 is 5.32 Å². The molecule has 1 aliphatic rings. The Morgan fingerprint density at radius 2 is 1.96 bits per heavy atom. The van der Waals surface area contributed by atoms with Crippen LogP contribution in [-0.2, 0) is 9.53 Å². The predicted octanol–water partition coefficient (Wildman–Crippen LogP) is 1.15. The first-order valence-electron chi connectivity index (χ1n) is 7.50. The molecule has 126 valence electrons. The van der Waals surface area contributed by atoms with Gasteiger partial charge in [0.05, 0.1) is 16.7 Å². The molecule has 1 heterocycles. The zero-order valence-corrected chi connectivity index (χ0v) is 13.5. The minimum atomic E-state index is -0.958. The molecule has 1 N–H and O–H groups in total. The Morgan fingerprint density at radius 1 is 1.29 bits per heavy atom. The second kappa shape index (κ2) is 7.08. The number of nitrogens with one attached hydrogen (secondary N) is 1. The molecule has 7 heteroatoms. The fraction of sp³-hybridized carbons (Fsp3) is 0.294. The van der Waals surface area contributed by atoms with Crippen LogP contribution in [-0.4, -0.2) is 47.8 Å². The van der Waals surface area contributed by atoms with E-state index in [0.717, 1.165) is 4.90 Å². The molecule has 1 aliphatic heterocycles. The van der Waals surface area contributed by atoms with Gasteiger partial charge in [-0.05, 0) is 32.0 Å². The van der Waals surface area contributed by atoms with Crippen LogP contribution in [0.15, 0.2) is 30.9 Å². The number of esters is 1. The summed E-state index contributed by atoms with van der Waals surface area (Å²) in [6, 6.07) is 4.12. The maximum Gasteiger partial charge on any atom is 0.338 e. The van der Waals surface area contributed by atoms with E-state index in [0.29, 0.717) is 6.54 Å². The summed E-state index contributed by atoms with van der Waals surface area (Å²) in [4.78, 5) is 49.1. The highest BCUT2D eigenvalue weighted by molar-refractivity contribution is 6.22. The minimum Gasteiger partial charge on any atom is -0.449 e. The van der Waals surface area contributed by atoms with E-state index in [1.165, 1.54) is 31.2 Å². The number of imide groups is 1. The van der Waals surface area contributed by atoms with E-state index in [1.807, 2.05) is 0 Å². The van der Waals surface area contributed by atoms with Crippen LogP contribution in [0, 0.1) is 0 Å². The summed E-state index contributed by atoms with van der Waals surface area (Å²) >= 11 is 0. The van der Waals surface area contributed by atoms with Crippen LogP contribution in [0.25, 0.3) is 0 Å². The fourth-order valence-electron chi connectivity index (χ4n) is 2.31. The summed E-state index contributed by atoms with van der Waals surface area (Å²) in [6.45, 7) is 7.24. The molecule has 0 aliphatic carbocycles. The zero-order chi connectivity index (χ0) is 17.9. The first kappa shape index (κ1) is 17.4. The quantitative estimate of drug-likeness (QED) is 0.480. The third kappa shape index (κ3) is 3.19. The van der Waals surface area contributed by atoms with Gasteiger partial charge in [0.15, 0.2) is 6.10 Å². The van der Waals surface area contributed by atoms with Crippen molar-refractivity contribution in [3.63, 3.8) is 0 Å². The normalized spacial score (nSPS) is 14.2. The molecule has 3 amide bonds. The molecular weight excluding hydrogens is 312 g/mol. The van der Waals surface area contributed by atoms with Crippen molar-refractivity contribution in [2.24, 2.45) is 0 Å². The van der Waals surface area contributed by atoms with Crippen molar-refractivity contribution >= 4 is 23.7 Å². The second-order valence-corrected chi connectivity index (χ2v) is 5.21. The van der Waals surface area contributed by atoms with Crippen LogP contribution in [0.1, 0.15) is 44.9 Å². The van der Waals surface area contributed by atoms with Gasteiger partial charge in [-0.2, -0.15) is 0 Å². The molecule has 24 heavy (non-hydrogen) atoms. The lowest BCUT2D eigenvalue weighted by molar-refractivity contribution is -0.128. The summed E-state index contributed by atoms with van der Waals surface area (Å²) in [6.07, 6.45) is 0.491. The Hall–Kier alpha value is -2.96. The van der Waals surface area contributed by atoms with E-state index in [1.54, 1.807) is 6.92 Å². The first-order chi connectivity index (χ1) is 11.4. The third-order valence-electron chi connectivity index (χ3n) is 3.52. The van der Waals surface area contributed by atoms with Crippen LogP contribution in [0.5, 0.6) is 0 Å². The minimum absolute atomic E-state index is 0.0976. The number of amides is 3. The largest absolute Gasteiger partial charge is 0.449 e. The molecule has 0 radical (unpaired) electrons. The van der Waals surface area contributed by atoms with Gasteiger partial charge >= 0.3 is 5.97 Å². The number of hydrogen-bond donors (Lipinski definition) is 1. The van der Waals surface area contributed by atoms with Gasteiger partial charge in [0.1, 0.15) is 0 Å². The average Bonchev–Trinajstić information content (AvgIpc) is 2.80. The lowest BCUT2D eigenvalue weighted by Gasteiger charge is -2.12. The summed E-state index contributed by atoms with van der Waals surface area (Å²) in [5, 5.41) is 2.55. The first-order valence-corrected chi connectivity index (χ1v) is 7.50. The molecule has 0 unspecified atom stereocenters. The molecule has 0 bridgehead atoms. The van der Waals surface area contributed by atoms with Crippen molar-refractivity contribution in [1.29, 1.82) is 0 Å². The topological polar surface area (TPSA) is 92.8 Å². The number of benzene rings is 1. The lowest BCUT2D eigenvalue weighted by Crippen LogP contribution is -2.35. The standard InChI is InChI=1S/C17H18N2O5/c1-4-8-19-15(21)12-7-6-11(9-13(12)16(19)22)17(23)24-10(3)14(20)18-5-2/h4,6-7,9-10H,1,5,8H2,2-3H3,(H,18,20)/t10-/m0/s1. The van der Waals surface area contributed by atoms with E-state index in [4.69, 9.17) is 4.74 Å². The number of carbonyl (C=O) groups excluding carboxylic acids is 4. The van der Waals surface area contributed by atoms with E-state index >= 15 is 0 Å². The van der Waals surface area contributed by atoms with Crippen molar-refractivity contribution in [1.82, 2.24) is 10.2 Å². The summed E-state index contributed by atoms with van der Waals surface area (Å²) in [5.41, 5.74) is 0.476. The predicted molar refractivity (Wildman–Crippen MR) is 85.6 cm³/mol. The van der Waals surface area contributed by atoms with Gasteiger partial charge in [-0.25, -0.2) is 4.79 Å². The maximum absolute atomic E-state index is 12.2. The van der Waals surface area contributed by atoms with Crippen LogP contribution in [0.3, 0.4) is 0 Å². The molecule has 0 fully saturated rings. The molecule has 1 atom stereocenters. The average molecular weight is 330 g/mol. The Morgan fingerprint density at radius 3 is 2.58 bits per heavy atom. The summed E-state index contributed by atoms with van der Waals surface area (Å²) in [7, 11) is 0. The second-order valence-electron chi connectivity index (χ2n) is 5.21. The van der Waals surface area contributed by atoms with Crippen LogP contribution in [0.2, 0.25) is 0 Å². The van der Waals surface area contributed by atoms with Crippen molar-refractivity contribution in [2.75, 3.05) is 13.1 Å². The monoisotopic (exact) mass is 330 g/mol. The number of fused-ring (bicyclic) bond motifs is 1. The Kier molecular flexibility index (Phi) is 5.13. The summed E-state index contributed by atoms with van der Waals surface area (Å²) < 4.78 is 5.07.